The van der Waals surface area contributed by atoms with E-state index in [1.54, 1.807) is 0 Å². The highest BCUT2D eigenvalue weighted by molar-refractivity contribution is 5.96. The van der Waals surface area contributed by atoms with E-state index in [2.05, 4.69) is 13.8 Å². The molecule has 3 saturated carbocycles. The fraction of sp³-hybridized carbons (Fsp3) is 0.762. The van der Waals surface area contributed by atoms with Crippen LogP contribution in [0.3, 0.4) is 0 Å². The SMILES string of the molecule is C[C@]12CC[C@H](CC(=O)[O-])CC1=CC(=O)[C@@H]1[C@@H]2CC[C@]2(C)C(=O)CC[C@@H]12. The first kappa shape index (κ1) is 17.0. The molecule has 3 fully saturated rings. The lowest BCUT2D eigenvalue weighted by atomic mass is 9.47. The Morgan fingerprint density at radius 2 is 1.80 bits per heavy atom. The molecule has 0 aromatic carbocycles. The summed E-state index contributed by atoms with van der Waals surface area (Å²) in [4.78, 5) is 36.4. The van der Waals surface area contributed by atoms with Gasteiger partial charge in [0.25, 0.3) is 0 Å². The van der Waals surface area contributed by atoms with E-state index in [1.165, 1.54) is 0 Å². The Balaban J connectivity index is 1.67. The zero-order chi connectivity index (χ0) is 18.0. The van der Waals surface area contributed by atoms with Gasteiger partial charge in [-0.25, -0.2) is 0 Å². The number of carbonyl (C=O) groups is 3. The number of aliphatic carboxylic acids is 1. The van der Waals surface area contributed by atoms with E-state index in [9.17, 15) is 19.5 Å². The van der Waals surface area contributed by atoms with Gasteiger partial charge in [0.05, 0.1) is 0 Å². The normalized spacial score (nSPS) is 46.1. The van der Waals surface area contributed by atoms with Crippen molar-refractivity contribution in [1.82, 2.24) is 0 Å². The second-order valence-corrected chi connectivity index (χ2v) is 9.33. The molecule has 0 aromatic rings. The molecule has 136 valence electrons. The molecule has 6 atom stereocenters. The van der Waals surface area contributed by atoms with Crippen LogP contribution in [0.15, 0.2) is 11.6 Å². The number of ketones is 2. The average Bonchev–Trinajstić information content (AvgIpc) is 2.84. The molecule has 4 nitrogen and oxygen atoms in total. The van der Waals surface area contributed by atoms with Crippen molar-refractivity contribution in [1.29, 1.82) is 0 Å². The van der Waals surface area contributed by atoms with Gasteiger partial charge < -0.3 is 9.90 Å². The zero-order valence-electron chi connectivity index (χ0n) is 15.2. The number of fused-ring (bicyclic) bond motifs is 5. The summed E-state index contributed by atoms with van der Waals surface area (Å²) in [6, 6.07) is 0. The van der Waals surface area contributed by atoms with E-state index in [0.717, 1.165) is 37.7 Å². The maximum Gasteiger partial charge on any atom is 0.159 e. The molecule has 4 heteroatoms. The third kappa shape index (κ3) is 2.36. The predicted molar refractivity (Wildman–Crippen MR) is 90.2 cm³/mol. The minimum Gasteiger partial charge on any atom is -0.550 e. The number of carboxylic acids is 1. The largest absolute Gasteiger partial charge is 0.550 e. The fourth-order valence-electron chi connectivity index (χ4n) is 6.66. The van der Waals surface area contributed by atoms with E-state index in [4.69, 9.17) is 0 Å². The summed E-state index contributed by atoms with van der Waals surface area (Å²) in [6.45, 7) is 4.35. The topological polar surface area (TPSA) is 74.3 Å². The van der Waals surface area contributed by atoms with Gasteiger partial charge in [-0.05, 0) is 74.2 Å². The molecule has 0 unspecified atom stereocenters. The summed E-state index contributed by atoms with van der Waals surface area (Å²) >= 11 is 0. The Kier molecular flexibility index (Phi) is 3.75. The number of Topliss-reactive ketones (excluding diaryl/α,β-unsaturated/α-hetero) is 1. The van der Waals surface area contributed by atoms with Crippen molar-refractivity contribution >= 4 is 17.5 Å². The number of carboxylic acid groups (broad SMARTS) is 1. The predicted octanol–water partition coefficient (Wildman–Crippen LogP) is 2.45. The third-order valence-electron chi connectivity index (χ3n) is 8.21. The number of hydrogen-bond donors (Lipinski definition) is 0. The highest BCUT2D eigenvalue weighted by Gasteiger charge is 2.60. The molecule has 0 N–H and O–H groups in total. The van der Waals surface area contributed by atoms with Crippen LogP contribution >= 0.6 is 0 Å². The molecule has 4 aliphatic carbocycles. The van der Waals surface area contributed by atoms with Crippen LogP contribution < -0.4 is 5.11 Å². The number of hydrogen-bond acceptors (Lipinski definition) is 4. The first-order valence-corrected chi connectivity index (χ1v) is 9.74. The van der Waals surface area contributed by atoms with Crippen molar-refractivity contribution in [3.63, 3.8) is 0 Å². The molecule has 0 amide bonds. The monoisotopic (exact) mass is 343 g/mol. The molecule has 0 aliphatic heterocycles. The average molecular weight is 343 g/mol. The second kappa shape index (κ2) is 5.52. The summed E-state index contributed by atoms with van der Waals surface area (Å²) in [5.74, 6) is 0.132. The summed E-state index contributed by atoms with van der Waals surface area (Å²) in [6.07, 6.45) is 7.78. The first-order chi connectivity index (χ1) is 11.8. The number of rotatable bonds is 2. The molecule has 0 bridgehead atoms. The summed E-state index contributed by atoms with van der Waals surface area (Å²) in [7, 11) is 0. The van der Waals surface area contributed by atoms with Gasteiger partial charge in [0.2, 0.25) is 0 Å². The Morgan fingerprint density at radius 3 is 2.52 bits per heavy atom. The highest BCUT2D eigenvalue weighted by atomic mass is 16.4. The fourth-order valence-corrected chi connectivity index (χ4v) is 6.66. The summed E-state index contributed by atoms with van der Waals surface area (Å²) < 4.78 is 0. The van der Waals surface area contributed by atoms with Gasteiger partial charge in [0.1, 0.15) is 5.78 Å². The van der Waals surface area contributed by atoms with Crippen molar-refractivity contribution in [2.75, 3.05) is 0 Å². The third-order valence-corrected chi connectivity index (χ3v) is 8.21. The van der Waals surface area contributed by atoms with Crippen molar-refractivity contribution < 1.29 is 19.5 Å². The molecule has 0 saturated heterocycles. The van der Waals surface area contributed by atoms with Crippen LogP contribution in [0.25, 0.3) is 0 Å². The molecule has 4 aliphatic rings. The van der Waals surface area contributed by atoms with Gasteiger partial charge in [-0.15, -0.1) is 0 Å². The molecule has 4 rings (SSSR count). The second-order valence-electron chi connectivity index (χ2n) is 9.33. The quantitative estimate of drug-likeness (QED) is 0.772. The molecule has 0 radical (unpaired) electrons. The highest BCUT2D eigenvalue weighted by Crippen LogP contribution is 2.63. The van der Waals surface area contributed by atoms with Crippen LogP contribution in [0.4, 0.5) is 0 Å². The molecule has 0 spiro atoms. The van der Waals surface area contributed by atoms with Crippen molar-refractivity contribution in [3.8, 4) is 0 Å². The van der Waals surface area contributed by atoms with Crippen LogP contribution in [0.2, 0.25) is 0 Å². The Labute approximate surface area is 149 Å². The van der Waals surface area contributed by atoms with Gasteiger partial charge in [0.15, 0.2) is 5.78 Å². The van der Waals surface area contributed by atoms with E-state index in [0.29, 0.717) is 24.5 Å². The van der Waals surface area contributed by atoms with Crippen molar-refractivity contribution in [3.05, 3.63) is 11.6 Å². The molecule has 0 heterocycles. The van der Waals surface area contributed by atoms with E-state index >= 15 is 0 Å². The standard InChI is InChI=1S/C21H28O4/c1-20-7-5-12(10-18(24)25)9-13(20)11-16(22)19-14-3-4-17(23)21(14,2)8-6-15(19)20/h11-12,14-15,19H,3-10H2,1-2H3,(H,24,25)/p-1/t12-,14-,15-,19-,20-,21-/m0/s1. The van der Waals surface area contributed by atoms with Gasteiger partial charge in [0, 0.05) is 23.7 Å². The van der Waals surface area contributed by atoms with E-state index in [-0.39, 0.29) is 40.8 Å². The van der Waals surface area contributed by atoms with Crippen LogP contribution in [0.1, 0.15) is 65.2 Å². The Morgan fingerprint density at radius 1 is 1.12 bits per heavy atom. The number of carbonyl (C=O) groups excluding carboxylic acids is 3. The first-order valence-electron chi connectivity index (χ1n) is 9.74. The minimum atomic E-state index is -0.993. The van der Waals surface area contributed by atoms with Gasteiger partial charge in [-0.3, -0.25) is 9.59 Å². The van der Waals surface area contributed by atoms with Crippen molar-refractivity contribution in [2.24, 2.45) is 34.5 Å². The van der Waals surface area contributed by atoms with Crippen LogP contribution in [-0.2, 0) is 14.4 Å². The van der Waals surface area contributed by atoms with Gasteiger partial charge >= 0.3 is 0 Å². The lowest BCUT2D eigenvalue weighted by Crippen LogP contribution is -2.53. The smallest absolute Gasteiger partial charge is 0.159 e. The molecule has 25 heavy (non-hydrogen) atoms. The minimum absolute atomic E-state index is 0.00598. The Bertz CT molecular complexity index is 677. The van der Waals surface area contributed by atoms with Crippen LogP contribution in [0, 0.1) is 34.5 Å². The van der Waals surface area contributed by atoms with Crippen LogP contribution in [-0.4, -0.2) is 17.5 Å². The lowest BCUT2D eigenvalue weighted by molar-refractivity contribution is -0.307. The Hall–Kier alpha value is -1.45. The van der Waals surface area contributed by atoms with E-state index in [1.807, 2.05) is 6.08 Å². The summed E-state index contributed by atoms with van der Waals surface area (Å²) in [5, 5.41) is 11.0. The molecule has 0 aromatic heterocycles. The molecular formula is C21H27O4-. The zero-order valence-corrected chi connectivity index (χ0v) is 15.2. The van der Waals surface area contributed by atoms with Gasteiger partial charge in [-0.2, -0.15) is 0 Å². The maximum absolute atomic E-state index is 13.0. The maximum atomic E-state index is 13.0. The van der Waals surface area contributed by atoms with Crippen molar-refractivity contribution in [2.45, 2.75) is 65.2 Å². The van der Waals surface area contributed by atoms with E-state index < -0.39 is 5.97 Å². The van der Waals surface area contributed by atoms with Crippen LogP contribution in [0.5, 0.6) is 0 Å². The summed E-state index contributed by atoms with van der Waals surface area (Å²) in [5.41, 5.74) is 0.850. The lowest BCUT2D eigenvalue weighted by Gasteiger charge is -2.56. The van der Waals surface area contributed by atoms with Gasteiger partial charge in [-0.1, -0.05) is 19.4 Å². The number of allylic oxidation sites excluding steroid dienone is 2. The molecular weight excluding hydrogens is 316 g/mol.